The quantitative estimate of drug-likeness (QED) is 0.366. The van der Waals surface area contributed by atoms with Crippen LogP contribution in [0.5, 0.6) is 0 Å². The Kier molecular flexibility index (Phi) is 11.0. The van der Waals surface area contributed by atoms with Crippen molar-refractivity contribution in [1.82, 2.24) is 0 Å². The molecule has 0 aliphatic carbocycles. The molecule has 0 fully saturated rings. The predicted octanol–water partition coefficient (Wildman–Crippen LogP) is 6.96. The van der Waals surface area contributed by atoms with E-state index >= 15 is 0 Å². The molecule has 4 atom stereocenters. The summed E-state index contributed by atoms with van der Waals surface area (Å²) < 4.78 is -1.52. The van der Waals surface area contributed by atoms with Crippen molar-refractivity contribution in [3.05, 3.63) is 10.6 Å². The number of halogens is 8. The number of alkyl halides is 6. The Morgan fingerprint density at radius 2 is 1.68 bits per heavy atom. The first kappa shape index (κ1) is 21.1. The van der Waals surface area contributed by atoms with Gasteiger partial charge in [0.2, 0.25) is 0 Å². The second-order valence-corrected chi connectivity index (χ2v) is 8.46. The van der Waals surface area contributed by atoms with E-state index in [1.807, 2.05) is 6.92 Å². The molecule has 0 spiro atoms. The Labute approximate surface area is 154 Å². The smallest absolute Gasteiger partial charge is 0.127 e. The van der Waals surface area contributed by atoms with E-state index < -0.39 is 20.5 Å². The van der Waals surface area contributed by atoms with Gasteiger partial charge in [-0.2, -0.15) is 0 Å². The van der Waals surface area contributed by atoms with Gasteiger partial charge in [-0.15, -0.1) is 46.4 Å². The minimum Gasteiger partial charge on any atom is -0.127 e. The molecule has 0 aliphatic heterocycles. The molecular weight excluding hydrogens is 416 g/mol. The molecule has 0 aromatic rings. The van der Waals surface area contributed by atoms with Crippen molar-refractivity contribution in [2.75, 3.05) is 5.88 Å². The van der Waals surface area contributed by atoms with Gasteiger partial charge in [-0.25, -0.2) is 0 Å². The fourth-order valence-corrected chi connectivity index (χ4v) is 3.53. The van der Waals surface area contributed by atoms with E-state index in [0.717, 1.165) is 12.8 Å². The first-order valence-electron chi connectivity index (χ1n) is 5.53. The minimum absolute atomic E-state index is 0.0316. The zero-order valence-corrected chi connectivity index (χ0v) is 16.1. The molecule has 0 rings (SSSR count). The van der Waals surface area contributed by atoms with Crippen LogP contribution >= 0.6 is 92.8 Å². The van der Waals surface area contributed by atoms with E-state index in [9.17, 15) is 0 Å². The van der Waals surface area contributed by atoms with Crippen LogP contribution in [0.4, 0.5) is 0 Å². The average Bonchev–Trinajstić information content (AvgIpc) is 2.32. The van der Waals surface area contributed by atoms with E-state index in [2.05, 4.69) is 0 Å². The van der Waals surface area contributed by atoms with E-state index in [4.69, 9.17) is 92.8 Å². The Morgan fingerprint density at radius 3 is 2.11 bits per heavy atom. The first-order chi connectivity index (χ1) is 8.64. The lowest BCUT2D eigenvalue weighted by Gasteiger charge is -2.33. The van der Waals surface area contributed by atoms with Crippen molar-refractivity contribution in [1.29, 1.82) is 0 Å². The summed E-state index contributed by atoms with van der Waals surface area (Å²) in [5.74, 6) is 0.662. The fourth-order valence-electron chi connectivity index (χ4n) is 1.43. The van der Waals surface area contributed by atoms with Crippen LogP contribution < -0.4 is 0 Å². The molecule has 0 saturated carbocycles. The molecule has 0 heterocycles. The lowest BCUT2D eigenvalue weighted by atomic mass is 9.97. The maximum atomic E-state index is 6.29. The largest absolute Gasteiger partial charge is 0.155 e. The molecule has 0 N–H and O–H groups in total. The summed E-state index contributed by atoms with van der Waals surface area (Å²) in [5, 5.41) is -2.08. The van der Waals surface area contributed by atoms with Crippen molar-refractivity contribution in [2.24, 2.45) is 5.92 Å². The van der Waals surface area contributed by atoms with Crippen molar-refractivity contribution >= 4 is 92.8 Å². The molecule has 0 aromatic heterocycles. The summed E-state index contributed by atoms with van der Waals surface area (Å²) in [5.41, 5.74) is 0. The van der Waals surface area contributed by atoms with Crippen LogP contribution in [0, 0.1) is 5.92 Å². The summed E-state index contributed by atoms with van der Waals surface area (Å²) in [4.78, 5) is 0. The fraction of sp³-hybridized carbons (Fsp3) is 0.818. The van der Waals surface area contributed by atoms with Crippen LogP contribution in [-0.2, 0) is 0 Å². The number of hydrogen-bond acceptors (Lipinski definition) is 0. The van der Waals surface area contributed by atoms with Crippen LogP contribution in [0.25, 0.3) is 0 Å². The Hall–Kier alpha value is 2.06. The number of allylic oxidation sites excluding steroid dienone is 1. The highest BCUT2D eigenvalue weighted by molar-refractivity contribution is 6.58. The topological polar surface area (TPSA) is 0 Å². The van der Waals surface area contributed by atoms with Crippen molar-refractivity contribution in [2.45, 2.75) is 40.2 Å². The average molecular weight is 430 g/mol. The number of hydrogen-bond donors (Lipinski definition) is 0. The van der Waals surface area contributed by atoms with Gasteiger partial charge in [-0.05, 0) is 24.8 Å². The summed E-state index contributed by atoms with van der Waals surface area (Å²) in [6.07, 6.45) is 2.97. The maximum Gasteiger partial charge on any atom is 0.155 e. The Balaban J connectivity index is 4.76. The molecule has 0 aliphatic rings. The van der Waals surface area contributed by atoms with E-state index in [-0.39, 0.29) is 10.4 Å². The first-order valence-corrected chi connectivity index (χ1v) is 8.89. The van der Waals surface area contributed by atoms with Gasteiger partial charge in [-0.3, -0.25) is 0 Å². The molecular formula is C11H14Cl8. The third kappa shape index (κ3) is 7.24. The highest BCUT2D eigenvalue weighted by atomic mass is 35.5. The van der Waals surface area contributed by atoms with Gasteiger partial charge < -0.3 is 0 Å². The molecule has 4 unspecified atom stereocenters. The number of rotatable bonds is 8. The SMILES string of the molecule is CC(CCCCl)C(Cl)C(Cl)C(Cl)(Cl)C(Cl)C=C(Cl)Cl. The zero-order chi connectivity index (χ0) is 15.2. The molecule has 0 radical (unpaired) electrons. The minimum atomic E-state index is -1.49. The monoisotopic (exact) mass is 426 g/mol. The Bertz CT molecular complexity index is 286. The summed E-state index contributed by atoms with van der Waals surface area (Å²) in [7, 11) is 0. The normalized spacial score (nSPS) is 18.6. The van der Waals surface area contributed by atoms with Gasteiger partial charge in [0.05, 0.1) is 16.1 Å². The molecule has 19 heavy (non-hydrogen) atoms. The van der Waals surface area contributed by atoms with Crippen LogP contribution in [0.15, 0.2) is 10.6 Å². The third-order valence-electron chi connectivity index (χ3n) is 2.62. The molecule has 0 aromatic carbocycles. The molecule has 8 heteroatoms. The third-order valence-corrected chi connectivity index (χ3v) is 6.43. The molecule has 0 saturated heterocycles. The lowest BCUT2D eigenvalue weighted by molar-refractivity contribution is 0.468. The second kappa shape index (κ2) is 9.95. The van der Waals surface area contributed by atoms with Crippen molar-refractivity contribution in [3.8, 4) is 0 Å². The summed E-state index contributed by atoms with van der Waals surface area (Å²) in [6, 6.07) is 0. The zero-order valence-electron chi connectivity index (χ0n) is 10.0. The van der Waals surface area contributed by atoms with Crippen molar-refractivity contribution in [3.63, 3.8) is 0 Å². The van der Waals surface area contributed by atoms with Crippen LogP contribution in [-0.4, -0.2) is 26.3 Å². The second-order valence-electron chi connectivity index (χ2n) is 4.19. The maximum absolute atomic E-state index is 6.29. The predicted molar refractivity (Wildman–Crippen MR) is 92.3 cm³/mol. The molecule has 0 bridgehead atoms. The van der Waals surface area contributed by atoms with E-state index in [0.29, 0.717) is 5.88 Å². The van der Waals surface area contributed by atoms with E-state index in [1.54, 1.807) is 0 Å². The molecule has 114 valence electrons. The van der Waals surface area contributed by atoms with Gasteiger partial charge >= 0.3 is 0 Å². The Morgan fingerprint density at radius 1 is 1.16 bits per heavy atom. The van der Waals surface area contributed by atoms with Crippen LogP contribution in [0.3, 0.4) is 0 Å². The highest BCUT2D eigenvalue weighted by Gasteiger charge is 2.44. The van der Waals surface area contributed by atoms with Gasteiger partial charge in [-0.1, -0.05) is 53.3 Å². The van der Waals surface area contributed by atoms with Crippen molar-refractivity contribution < 1.29 is 0 Å². The van der Waals surface area contributed by atoms with Crippen LogP contribution in [0.2, 0.25) is 0 Å². The van der Waals surface area contributed by atoms with Gasteiger partial charge in [0, 0.05) is 5.88 Å². The molecule has 0 amide bonds. The lowest BCUT2D eigenvalue weighted by Crippen LogP contribution is -2.43. The van der Waals surface area contributed by atoms with E-state index in [1.165, 1.54) is 6.08 Å². The van der Waals surface area contributed by atoms with Gasteiger partial charge in [0.25, 0.3) is 0 Å². The summed E-state index contributed by atoms with van der Waals surface area (Å²) in [6.45, 7) is 1.96. The van der Waals surface area contributed by atoms with Gasteiger partial charge in [0.15, 0.2) is 4.33 Å². The molecule has 0 nitrogen and oxygen atoms in total. The summed E-state index contributed by atoms with van der Waals surface area (Å²) >= 11 is 47.6. The standard InChI is InChI=1S/C11H14Cl8/c1-6(3-2-4-12)9(16)10(17)11(18,19)7(13)5-8(14)15/h5-7,9-10H,2-4H2,1H3. The van der Waals surface area contributed by atoms with Gasteiger partial charge in [0.1, 0.15) is 4.49 Å². The highest BCUT2D eigenvalue weighted by Crippen LogP contribution is 2.42. The van der Waals surface area contributed by atoms with Crippen LogP contribution in [0.1, 0.15) is 19.8 Å².